The van der Waals surface area contributed by atoms with Crippen molar-refractivity contribution < 1.29 is 9.59 Å². The molecule has 0 aromatic carbocycles. The third-order valence-electron chi connectivity index (χ3n) is 2.45. The van der Waals surface area contributed by atoms with Crippen molar-refractivity contribution in [3.63, 3.8) is 0 Å². The summed E-state index contributed by atoms with van der Waals surface area (Å²) < 4.78 is 2.02. The zero-order chi connectivity index (χ0) is 14.9. The van der Waals surface area contributed by atoms with Crippen molar-refractivity contribution in [2.75, 3.05) is 0 Å². The molecule has 2 aromatic heterocycles. The van der Waals surface area contributed by atoms with Gasteiger partial charge in [0.2, 0.25) is 17.5 Å². The number of aryl methyl sites for hydroxylation is 1. The van der Waals surface area contributed by atoms with E-state index in [2.05, 4.69) is 42.8 Å². The molecule has 10 heteroatoms. The van der Waals surface area contributed by atoms with Crippen LogP contribution in [0.2, 0.25) is 5.15 Å². The van der Waals surface area contributed by atoms with Crippen LogP contribution in [-0.4, -0.2) is 35.1 Å². The molecule has 106 valence electrons. The highest BCUT2D eigenvalue weighted by atomic mass is 127. The lowest BCUT2D eigenvalue weighted by Crippen LogP contribution is -2.16. The van der Waals surface area contributed by atoms with Crippen LogP contribution in [0, 0.1) is 10.6 Å². The SMILES string of the molecule is Cc1nc2c(I)[nH]nc2nc1Cl.O=C1CCC(=O)N1I. The molecule has 0 radical (unpaired) electrons. The molecule has 2 amide bonds. The molecule has 2 aromatic rings. The summed E-state index contributed by atoms with van der Waals surface area (Å²) in [6.07, 6.45) is 0.781. The van der Waals surface area contributed by atoms with Gasteiger partial charge in [0.05, 0.1) is 28.6 Å². The zero-order valence-corrected chi connectivity index (χ0v) is 15.2. The quantitative estimate of drug-likeness (QED) is 0.328. The van der Waals surface area contributed by atoms with Crippen LogP contribution in [0.3, 0.4) is 0 Å². The number of halogens is 3. The maximum Gasteiger partial charge on any atom is 0.238 e. The van der Waals surface area contributed by atoms with Gasteiger partial charge in [0.1, 0.15) is 9.22 Å². The number of H-pyrrole nitrogens is 1. The van der Waals surface area contributed by atoms with E-state index in [4.69, 9.17) is 11.6 Å². The summed E-state index contributed by atoms with van der Waals surface area (Å²) in [5.74, 6) is -0.147. The smallest absolute Gasteiger partial charge is 0.238 e. The van der Waals surface area contributed by atoms with Gasteiger partial charge in [0, 0.05) is 12.8 Å². The lowest BCUT2D eigenvalue weighted by Gasteiger charge is -1.97. The lowest BCUT2D eigenvalue weighted by molar-refractivity contribution is -0.130. The van der Waals surface area contributed by atoms with Crippen molar-refractivity contribution in [3.05, 3.63) is 14.5 Å². The van der Waals surface area contributed by atoms with E-state index in [-0.39, 0.29) is 11.8 Å². The van der Waals surface area contributed by atoms with Crippen LogP contribution in [0.4, 0.5) is 0 Å². The average molecular weight is 519 g/mol. The molecule has 3 rings (SSSR count). The predicted octanol–water partition coefficient (Wildman–Crippen LogP) is 2.40. The number of carbonyl (C=O) groups is 2. The van der Waals surface area contributed by atoms with Gasteiger partial charge in [0.25, 0.3) is 0 Å². The predicted molar refractivity (Wildman–Crippen MR) is 89.3 cm³/mol. The van der Waals surface area contributed by atoms with Gasteiger partial charge in [-0.2, -0.15) is 5.10 Å². The number of rotatable bonds is 0. The Labute approximate surface area is 146 Å². The van der Waals surface area contributed by atoms with Crippen molar-refractivity contribution in [3.8, 4) is 0 Å². The summed E-state index contributed by atoms with van der Waals surface area (Å²) in [7, 11) is 0. The largest absolute Gasteiger partial charge is 0.274 e. The average Bonchev–Trinajstić information content (AvgIpc) is 2.90. The molecule has 1 saturated heterocycles. The fourth-order valence-corrected chi connectivity index (χ4v) is 2.51. The van der Waals surface area contributed by atoms with Gasteiger partial charge in [-0.1, -0.05) is 11.6 Å². The number of hydrogen-bond donors (Lipinski definition) is 1. The van der Waals surface area contributed by atoms with Gasteiger partial charge in [-0.15, -0.1) is 0 Å². The summed E-state index contributed by atoms with van der Waals surface area (Å²) in [5.41, 5.74) is 2.07. The Bertz CT molecular complexity index is 674. The monoisotopic (exact) mass is 519 g/mol. The molecule has 0 spiro atoms. The molecule has 1 fully saturated rings. The molecule has 3 heterocycles. The second-order valence-electron chi connectivity index (χ2n) is 3.88. The van der Waals surface area contributed by atoms with Crippen LogP contribution in [-0.2, 0) is 9.59 Å². The second-order valence-corrected chi connectivity index (χ2v) is 6.28. The van der Waals surface area contributed by atoms with E-state index in [0.717, 1.165) is 18.0 Å². The molecule has 0 unspecified atom stereocenters. The number of fused-ring (bicyclic) bond motifs is 1. The summed E-state index contributed by atoms with van der Waals surface area (Å²) in [4.78, 5) is 29.3. The Morgan fingerprint density at radius 3 is 2.35 bits per heavy atom. The van der Waals surface area contributed by atoms with E-state index in [1.54, 1.807) is 22.9 Å². The first-order valence-corrected chi connectivity index (χ1v) is 7.87. The van der Waals surface area contributed by atoms with Crippen LogP contribution >= 0.6 is 57.1 Å². The fraction of sp³-hybridized carbons (Fsp3) is 0.300. The minimum atomic E-state index is -0.0735. The molecular weight excluding hydrogens is 511 g/mol. The minimum absolute atomic E-state index is 0.0735. The number of aromatic nitrogens is 4. The second kappa shape index (κ2) is 6.47. The summed E-state index contributed by atoms with van der Waals surface area (Å²) in [5, 5.41) is 7.12. The van der Waals surface area contributed by atoms with E-state index in [9.17, 15) is 9.59 Å². The highest BCUT2D eigenvalue weighted by Gasteiger charge is 2.26. The molecule has 1 N–H and O–H groups in total. The molecule has 7 nitrogen and oxygen atoms in total. The van der Waals surface area contributed by atoms with Crippen molar-refractivity contribution >= 4 is 80.0 Å². The summed E-state index contributed by atoms with van der Waals surface area (Å²) >= 11 is 9.60. The van der Waals surface area contributed by atoms with Gasteiger partial charge in [-0.25, -0.2) is 13.1 Å². The summed E-state index contributed by atoms with van der Waals surface area (Å²) in [6.45, 7) is 1.82. The number of aromatic amines is 1. The molecule has 0 bridgehead atoms. The van der Waals surface area contributed by atoms with Crippen LogP contribution in [0.1, 0.15) is 18.5 Å². The van der Waals surface area contributed by atoms with Crippen molar-refractivity contribution in [1.29, 1.82) is 0 Å². The van der Waals surface area contributed by atoms with Crippen molar-refractivity contribution in [2.45, 2.75) is 19.8 Å². The van der Waals surface area contributed by atoms with Gasteiger partial charge >= 0.3 is 0 Å². The first-order chi connectivity index (χ1) is 9.40. The topological polar surface area (TPSA) is 91.8 Å². The van der Waals surface area contributed by atoms with Gasteiger partial charge in [-0.3, -0.25) is 14.7 Å². The Kier molecular flexibility index (Phi) is 5.12. The van der Waals surface area contributed by atoms with E-state index >= 15 is 0 Å². The molecule has 0 aliphatic carbocycles. The maximum absolute atomic E-state index is 10.5. The zero-order valence-electron chi connectivity index (χ0n) is 10.2. The minimum Gasteiger partial charge on any atom is -0.274 e. The van der Waals surface area contributed by atoms with Crippen LogP contribution in [0.25, 0.3) is 11.2 Å². The molecule has 20 heavy (non-hydrogen) atoms. The summed E-state index contributed by atoms with van der Waals surface area (Å²) in [6, 6.07) is 0. The van der Waals surface area contributed by atoms with Crippen LogP contribution in [0.5, 0.6) is 0 Å². The number of imide groups is 1. The van der Waals surface area contributed by atoms with E-state index in [1.165, 1.54) is 0 Å². The van der Waals surface area contributed by atoms with E-state index < -0.39 is 0 Å². The molecule has 1 aliphatic rings. The third kappa shape index (κ3) is 3.36. The first kappa shape index (κ1) is 15.8. The fourth-order valence-electron chi connectivity index (χ4n) is 1.42. The van der Waals surface area contributed by atoms with Gasteiger partial charge < -0.3 is 0 Å². The lowest BCUT2D eigenvalue weighted by atomic mass is 10.4. The maximum atomic E-state index is 10.5. The number of amides is 2. The van der Waals surface area contributed by atoms with Crippen LogP contribution in [0.15, 0.2) is 0 Å². The number of nitrogens with one attached hydrogen (secondary N) is 1. The highest BCUT2D eigenvalue weighted by Crippen LogP contribution is 2.18. The van der Waals surface area contributed by atoms with Crippen molar-refractivity contribution in [1.82, 2.24) is 23.3 Å². The number of nitrogens with zero attached hydrogens (tertiary/aromatic N) is 4. The normalized spacial score (nSPS) is 14.7. The molecular formula is C10H8ClI2N5O2. The Morgan fingerprint density at radius 1 is 1.25 bits per heavy atom. The van der Waals surface area contributed by atoms with E-state index in [1.807, 2.05) is 6.92 Å². The van der Waals surface area contributed by atoms with Crippen molar-refractivity contribution in [2.24, 2.45) is 0 Å². The molecule has 0 saturated carbocycles. The molecule has 0 atom stereocenters. The highest BCUT2D eigenvalue weighted by molar-refractivity contribution is 14.1. The number of carbonyl (C=O) groups excluding carboxylic acids is 2. The van der Waals surface area contributed by atoms with Gasteiger partial charge in [-0.05, 0) is 29.5 Å². The Balaban J connectivity index is 0.000000160. The third-order valence-corrected chi connectivity index (χ3v) is 4.64. The number of hydrogen-bond acceptors (Lipinski definition) is 5. The molecule has 1 aliphatic heterocycles. The van der Waals surface area contributed by atoms with E-state index in [0.29, 0.717) is 23.6 Å². The standard InChI is InChI=1S/C6H4ClIN4.C4H4INO2/c1-2-4(7)10-6-3(9-2)5(8)11-12-6;5-6-3(7)1-2-4(6)8/h1H3,(H,10,11,12);1-2H2. The van der Waals surface area contributed by atoms with Gasteiger partial charge in [0.15, 0.2) is 5.15 Å². The first-order valence-electron chi connectivity index (χ1n) is 5.45. The Morgan fingerprint density at radius 2 is 1.85 bits per heavy atom. The van der Waals surface area contributed by atoms with Crippen LogP contribution < -0.4 is 0 Å². The Hall–Kier alpha value is -0.560.